The Hall–Kier alpha value is -1.46. The van der Waals surface area contributed by atoms with Gasteiger partial charge < -0.3 is 15.5 Å². The normalized spacial score (nSPS) is 21.8. The van der Waals surface area contributed by atoms with Gasteiger partial charge in [0, 0.05) is 19.6 Å². The van der Waals surface area contributed by atoms with Crippen molar-refractivity contribution in [3.63, 3.8) is 0 Å². The first-order valence-corrected chi connectivity index (χ1v) is 7.49. The van der Waals surface area contributed by atoms with E-state index in [0.29, 0.717) is 5.11 Å². The lowest BCUT2D eigenvalue weighted by molar-refractivity contribution is -0.125. The summed E-state index contributed by atoms with van der Waals surface area (Å²) < 4.78 is 0. The highest BCUT2D eigenvalue weighted by Gasteiger charge is 2.46. The molecule has 0 aromatic heterocycles. The predicted molar refractivity (Wildman–Crippen MR) is 82.4 cm³/mol. The van der Waals surface area contributed by atoms with Crippen LogP contribution in [0.5, 0.6) is 0 Å². The van der Waals surface area contributed by atoms with Crippen LogP contribution in [0.15, 0.2) is 30.3 Å². The Bertz CT molecular complexity index is 509. The summed E-state index contributed by atoms with van der Waals surface area (Å²) in [6, 6.07) is 10.5. The van der Waals surface area contributed by atoms with E-state index in [1.807, 2.05) is 6.07 Å². The van der Waals surface area contributed by atoms with Crippen molar-refractivity contribution in [2.24, 2.45) is 0 Å². The Morgan fingerprint density at radius 3 is 2.50 bits per heavy atom. The van der Waals surface area contributed by atoms with Crippen molar-refractivity contribution in [3.05, 3.63) is 35.9 Å². The van der Waals surface area contributed by atoms with E-state index < -0.39 is 5.54 Å². The molecule has 0 atom stereocenters. The van der Waals surface area contributed by atoms with Gasteiger partial charge in [0.2, 0.25) is 0 Å². The minimum atomic E-state index is -0.444. The smallest absolute Gasteiger partial charge is 0.251 e. The predicted octanol–water partition coefficient (Wildman–Crippen LogP) is 1.07. The third-order valence-electron chi connectivity index (χ3n) is 4.28. The Balaban J connectivity index is 1.52. The lowest BCUT2D eigenvalue weighted by Gasteiger charge is -2.37. The van der Waals surface area contributed by atoms with Crippen LogP contribution in [0.1, 0.15) is 18.4 Å². The number of benzene rings is 1. The largest absolute Gasteiger partial charge is 0.348 e. The van der Waals surface area contributed by atoms with Crippen LogP contribution in [0.25, 0.3) is 0 Å². The molecule has 1 aromatic carbocycles. The molecular formula is C15H19N3OS. The topological polar surface area (TPSA) is 44.4 Å². The van der Waals surface area contributed by atoms with E-state index in [0.717, 1.165) is 38.9 Å². The average Bonchev–Trinajstić information content (AvgIpc) is 2.74. The van der Waals surface area contributed by atoms with Crippen molar-refractivity contribution in [3.8, 4) is 0 Å². The van der Waals surface area contributed by atoms with Crippen LogP contribution in [0, 0.1) is 0 Å². The van der Waals surface area contributed by atoms with E-state index in [1.54, 1.807) is 0 Å². The summed E-state index contributed by atoms with van der Waals surface area (Å²) in [7, 11) is 0. The summed E-state index contributed by atoms with van der Waals surface area (Å²) >= 11 is 5.04. The van der Waals surface area contributed by atoms with E-state index in [1.165, 1.54) is 5.56 Å². The SMILES string of the molecule is O=C1NC(=S)NC12CCN(CCc1ccccc1)CC2. The third-order valence-corrected chi connectivity index (χ3v) is 4.49. The van der Waals surface area contributed by atoms with Crippen molar-refractivity contribution < 1.29 is 4.79 Å². The van der Waals surface area contributed by atoms with E-state index in [9.17, 15) is 4.79 Å². The van der Waals surface area contributed by atoms with Crippen LogP contribution in [-0.4, -0.2) is 41.1 Å². The van der Waals surface area contributed by atoms with Gasteiger partial charge in [-0.05, 0) is 37.0 Å². The van der Waals surface area contributed by atoms with Gasteiger partial charge in [-0.25, -0.2) is 0 Å². The van der Waals surface area contributed by atoms with Crippen molar-refractivity contribution in [1.29, 1.82) is 0 Å². The summed E-state index contributed by atoms with van der Waals surface area (Å²) in [4.78, 5) is 14.4. The minimum Gasteiger partial charge on any atom is -0.348 e. The molecule has 2 fully saturated rings. The number of nitrogens with one attached hydrogen (secondary N) is 2. The molecule has 2 aliphatic rings. The van der Waals surface area contributed by atoms with Crippen molar-refractivity contribution >= 4 is 23.2 Å². The van der Waals surface area contributed by atoms with Crippen molar-refractivity contribution in [2.45, 2.75) is 24.8 Å². The molecule has 1 aromatic rings. The van der Waals surface area contributed by atoms with Crippen LogP contribution in [-0.2, 0) is 11.2 Å². The zero-order valence-corrected chi connectivity index (χ0v) is 12.2. The van der Waals surface area contributed by atoms with Crippen LogP contribution < -0.4 is 10.6 Å². The highest BCUT2D eigenvalue weighted by Crippen LogP contribution is 2.25. The molecule has 20 heavy (non-hydrogen) atoms. The maximum atomic E-state index is 12.0. The van der Waals surface area contributed by atoms with Gasteiger partial charge in [-0.2, -0.15) is 0 Å². The highest BCUT2D eigenvalue weighted by atomic mass is 32.1. The molecule has 0 aliphatic carbocycles. The molecular weight excluding hydrogens is 270 g/mol. The van der Waals surface area contributed by atoms with Crippen LogP contribution in [0.4, 0.5) is 0 Å². The first kappa shape index (κ1) is 13.5. The number of carbonyl (C=O) groups excluding carboxylic acids is 1. The molecule has 5 heteroatoms. The van der Waals surface area contributed by atoms with Gasteiger partial charge in [0.05, 0.1) is 0 Å². The third kappa shape index (κ3) is 2.69. The molecule has 2 saturated heterocycles. The van der Waals surface area contributed by atoms with Crippen molar-refractivity contribution in [2.75, 3.05) is 19.6 Å². The molecule has 2 N–H and O–H groups in total. The molecule has 106 valence electrons. The van der Waals surface area contributed by atoms with Gasteiger partial charge in [-0.3, -0.25) is 4.79 Å². The number of piperidine rings is 1. The summed E-state index contributed by atoms with van der Waals surface area (Å²) in [6.45, 7) is 2.93. The number of carbonyl (C=O) groups is 1. The number of amides is 1. The van der Waals surface area contributed by atoms with Crippen LogP contribution in [0.2, 0.25) is 0 Å². The fourth-order valence-corrected chi connectivity index (χ4v) is 3.26. The van der Waals surface area contributed by atoms with Gasteiger partial charge in [0.1, 0.15) is 5.54 Å². The molecule has 1 amide bonds. The number of thiocarbonyl (C=S) groups is 1. The average molecular weight is 289 g/mol. The lowest BCUT2D eigenvalue weighted by atomic mass is 9.87. The molecule has 0 bridgehead atoms. The van der Waals surface area contributed by atoms with Gasteiger partial charge in [-0.1, -0.05) is 30.3 Å². The molecule has 3 rings (SSSR count). The van der Waals surface area contributed by atoms with Crippen LogP contribution >= 0.6 is 12.2 Å². The maximum absolute atomic E-state index is 12.0. The lowest BCUT2D eigenvalue weighted by Crippen LogP contribution is -2.54. The first-order chi connectivity index (χ1) is 9.68. The zero-order chi connectivity index (χ0) is 14.0. The molecule has 4 nitrogen and oxygen atoms in total. The van der Waals surface area contributed by atoms with E-state index >= 15 is 0 Å². The summed E-state index contributed by atoms with van der Waals surface area (Å²) in [5.74, 6) is 0.0465. The summed E-state index contributed by atoms with van der Waals surface area (Å²) in [6.07, 6.45) is 2.72. The Morgan fingerprint density at radius 2 is 1.90 bits per heavy atom. The molecule has 0 unspecified atom stereocenters. The second kappa shape index (κ2) is 5.50. The molecule has 2 aliphatic heterocycles. The van der Waals surface area contributed by atoms with E-state index in [2.05, 4.69) is 39.8 Å². The number of nitrogens with zero attached hydrogens (tertiary/aromatic N) is 1. The number of rotatable bonds is 3. The van der Waals surface area contributed by atoms with Crippen molar-refractivity contribution in [1.82, 2.24) is 15.5 Å². The summed E-state index contributed by atoms with van der Waals surface area (Å²) in [5, 5.41) is 6.35. The second-order valence-corrected chi connectivity index (χ2v) is 5.98. The van der Waals surface area contributed by atoms with E-state index in [-0.39, 0.29) is 5.91 Å². The number of likely N-dealkylation sites (tertiary alicyclic amines) is 1. The standard InChI is InChI=1S/C15H19N3OS/c19-13-15(17-14(20)16-13)7-10-18(11-8-15)9-6-12-4-2-1-3-5-12/h1-5H,6-11H2,(H2,16,17,19,20). The van der Waals surface area contributed by atoms with Gasteiger partial charge in [0.15, 0.2) is 5.11 Å². The first-order valence-electron chi connectivity index (χ1n) is 7.08. The van der Waals surface area contributed by atoms with Gasteiger partial charge in [0.25, 0.3) is 5.91 Å². The fourth-order valence-electron chi connectivity index (χ4n) is 2.97. The van der Waals surface area contributed by atoms with Gasteiger partial charge in [-0.15, -0.1) is 0 Å². The molecule has 0 saturated carbocycles. The quantitative estimate of drug-likeness (QED) is 0.817. The monoisotopic (exact) mass is 289 g/mol. The molecule has 2 heterocycles. The van der Waals surface area contributed by atoms with Crippen LogP contribution in [0.3, 0.4) is 0 Å². The summed E-state index contributed by atoms with van der Waals surface area (Å²) in [5.41, 5.74) is 0.922. The minimum absolute atomic E-state index is 0.0465. The number of hydrogen-bond acceptors (Lipinski definition) is 3. The highest BCUT2D eigenvalue weighted by molar-refractivity contribution is 7.80. The maximum Gasteiger partial charge on any atom is 0.251 e. The Morgan fingerprint density at radius 1 is 1.20 bits per heavy atom. The Labute approximate surface area is 124 Å². The second-order valence-electron chi connectivity index (χ2n) is 5.57. The van der Waals surface area contributed by atoms with Gasteiger partial charge >= 0.3 is 0 Å². The zero-order valence-electron chi connectivity index (χ0n) is 11.4. The number of hydrogen-bond donors (Lipinski definition) is 2. The molecule has 1 spiro atoms. The molecule has 0 radical (unpaired) electrons. The van der Waals surface area contributed by atoms with E-state index in [4.69, 9.17) is 12.2 Å². The fraction of sp³-hybridized carbons (Fsp3) is 0.467. The Kier molecular flexibility index (Phi) is 3.72.